The van der Waals surface area contributed by atoms with Crippen LogP contribution >= 0.6 is 0 Å². The van der Waals surface area contributed by atoms with Gasteiger partial charge in [-0.1, -0.05) is 36.4 Å². The summed E-state index contributed by atoms with van der Waals surface area (Å²) in [5.74, 6) is 5.18. The molecule has 10 nitrogen and oxygen atoms in total. The standard InChI is InChI=1S/C22H25BN6O4/c1-22(2)16-10-14(8-9-17(16)23(32)33-22)26-21-25-11-15(20(31)29-24)19(28-21)27-18(12-30)13-6-4-3-5-7-13/h3-11,18,30,32H,12,24H2,1-2H3,(H,29,31)(H2,25,26,27,28)/t18-/m1/s1. The maximum absolute atomic E-state index is 12.3. The third kappa shape index (κ3) is 4.66. The van der Waals surface area contributed by atoms with E-state index in [9.17, 15) is 14.9 Å². The monoisotopic (exact) mass is 448 g/mol. The van der Waals surface area contributed by atoms with Gasteiger partial charge in [0.1, 0.15) is 11.4 Å². The molecular weight excluding hydrogens is 423 g/mol. The molecule has 0 radical (unpaired) electrons. The van der Waals surface area contributed by atoms with E-state index in [0.717, 1.165) is 11.1 Å². The van der Waals surface area contributed by atoms with E-state index in [-0.39, 0.29) is 23.9 Å². The van der Waals surface area contributed by atoms with Gasteiger partial charge in [0, 0.05) is 11.9 Å². The summed E-state index contributed by atoms with van der Waals surface area (Å²) in [6.07, 6.45) is 1.35. The minimum Gasteiger partial charge on any atom is -0.423 e. The number of carbonyl (C=O) groups is 1. The van der Waals surface area contributed by atoms with Gasteiger partial charge in [0.15, 0.2) is 0 Å². The molecule has 0 aliphatic carbocycles. The predicted molar refractivity (Wildman–Crippen MR) is 125 cm³/mol. The van der Waals surface area contributed by atoms with Gasteiger partial charge in [-0.15, -0.1) is 0 Å². The van der Waals surface area contributed by atoms with Gasteiger partial charge in [-0.05, 0) is 42.6 Å². The second-order valence-corrected chi connectivity index (χ2v) is 8.13. The minimum atomic E-state index is -0.974. The van der Waals surface area contributed by atoms with Crippen LogP contribution in [0.1, 0.15) is 41.4 Å². The van der Waals surface area contributed by atoms with E-state index in [1.54, 1.807) is 12.1 Å². The number of hydrogen-bond acceptors (Lipinski definition) is 9. The maximum atomic E-state index is 12.3. The number of aliphatic hydroxyl groups is 1. The van der Waals surface area contributed by atoms with Crippen molar-refractivity contribution in [1.29, 1.82) is 0 Å². The number of hydrazine groups is 1. The lowest BCUT2D eigenvalue weighted by atomic mass is 9.78. The van der Waals surface area contributed by atoms with Crippen molar-refractivity contribution in [2.75, 3.05) is 17.2 Å². The van der Waals surface area contributed by atoms with E-state index in [1.165, 1.54) is 6.20 Å². The molecule has 1 atom stereocenters. The fourth-order valence-electron chi connectivity index (χ4n) is 3.79. The third-order valence-electron chi connectivity index (χ3n) is 5.49. The van der Waals surface area contributed by atoms with Gasteiger partial charge in [0.2, 0.25) is 5.95 Å². The van der Waals surface area contributed by atoms with Crippen molar-refractivity contribution < 1.29 is 19.6 Å². The predicted octanol–water partition coefficient (Wildman–Crippen LogP) is 0.922. The highest BCUT2D eigenvalue weighted by Crippen LogP contribution is 2.32. The zero-order chi connectivity index (χ0) is 23.6. The Morgan fingerprint density at radius 2 is 2.00 bits per heavy atom. The lowest BCUT2D eigenvalue weighted by molar-refractivity contribution is 0.0952. The number of hydrogen-bond donors (Lipinski definition) is 6. The van der Waals surface area contributed by atoms with Gasteiger partial charge in [0.25, 0.3) is 5.91 Å². The summed E-state index contributed by atoms with van der Waals surface area (Å²) >= 11 is 0. The second-order valence-electron chi connectivity index (χ2n) is 8.13. The highest BCUT2D eigenvalue weighted by molar-refractivity contribution is 6.62. The number of amides is 1. The van der Waals surface area contributed by atoms with Gasteiger partial charge in [-0.25, -0.2) is 10.8 Å². The maximum Gasteiger partial charge on any atom is 0.492 e. The van der Waals surface area contributed by atoms with Crippen molar-refractivity contribution in [3.63, 3.8) is 0 Å². The first-order chi connectivity index (χ1) is 15.8. The smallest absolute Gasteiger partial charge is 0.423 e. The van der Waals surface area contributed by atoms with E-state index in [1.807, 2.05) is 50.2 Å². The summed E-state index contributed by atoms with van der Waals surface area (Å²) in [6, 6.07) is 14.2. The number of rotatable bonds is 7. The first kappa shape index (κ1) is 22.7. The largest absolute Gasteiger partial charge is 0.492 e. The summed E-state index contributed by atoms with van der Waals surface area (Å²) in [4.78, 5) is 21.0. The number of nitrogens with zero attached hydrogens (tertiary/aromatic N) is 2. The topological polar surface area (TPSA) is 155 Å². The Bertz CT molecular complexity index is 1160. The highest BCUT2D eigenvalue weighted by Gasteiger charge is 2.40. The van der Waals surface area contributed by atoms with E-state index in [2.05, 4.69) is 26.0 Å². The van der Waals surface area contributed by atoms with Crippen LogP contribution in [0.3, 0.4) is 0 Å². The number of nitrogen functional groups attached to an aromatic ring is 1. The van der Waals surface area contributed by atoms with Gasteiger partial charge in [-0.3, -0.25) is 10.2 Å². The second kappa shape index (κ2) is 9.16. The average molecular weight is 448 g/mol. The fourth-order valence-corrected chi connectivity index (χ4v) is 3.79. The number of carbonyl (C=O) groups excluding carboxylic acids is 1. The van der Waals surface area contributed by atoms with Crippen molar-refractivity contribution in [3.05, 3.63) is 71.4 Å². The van der Waals surface area contributed by atoms with Gasteiger partial charge < -0.3 is 25.4 Å². The Balaban J connectivity index is 1.65. The summed E-state index contributed by atoms with van der Waals surface area (Å²) in [5.41, 5.74) is 4.63. The molecule has 1 aliphatic rings. The molecule has 1 amide bonds. The Morgan fingerprint density at radius 3 is 2.70 bits per heavy atom. The molecule has 2 aromatic carbocycles. The molecule has 0 saturated carbocycles. The molecule has 0 saturated heterocycles. The summed E-state index contributed by atoms with van der Waals surface area (Å²) in [5, 5.41) is 26.2. The van der Waals surface area contributed by atoms with Crippen molar-refractivity contribution in [3.8, 4) is 0 Å². The van der Waals surface area contributed by atoms with Crippen LogP contribution in [0.2, 0.25) is 0 Å². The average Bonchev–Trinajstić information content (AvgIpc) is 3.05. The Kier molecular flexibility index (Phi) is 6.30. The molecule has 0 bridgehead atoms. The quantitative estimate of drug-likeness (QED) is 0.134. The zero-order valence-corrected chi connectivity index (χ0v) is 18.2. The highest BCUT2D eigenvalue weighted by atomic mass is 16.5. The van der Waals surface area contributed by atoms with Crippen molar-refractivity contribution >= 4 is 35.9 Å². The molecule has 1 aromatic heterocycles. The SMILES string of the molecule is CC1(C)OB(O)c2ccc(Nc3ncc(C(=O)NN)c(N[C@H](CO)c4ccccc4)n3)cc21. The van der Waals surface area contributed by atoms with Crippen LogP contribution in [0.15, 0.2) is 54.7 Å². The van der Waals surface area contributed by atoms with Crippen LogP contribution in [-0.2, 0) is 10.3 Å². The molecule has 1 aliphatic heterocycles. The van der Waals surface area contributed by atoms with Crippen LogP contribution < -0.4 is 27.4 Å². The molecule has 2 heterocycles. The zero-order valence-electron chi connectivity index (χ0n) is 18.2. The molecule has 4 rings (SSSR count). The normalized spacial score (nSPS) is 15.0. The van der Waals surface area contributed by atoms with Gasteiger partial charge in [0.05, 0.1) is 18.2 Å². The molecule has 11 heteroatoms. The molecule has 0 unspecified atom stereocenters. The molecule has 3 aromatic rings. The van der Waals surface area contributed by atoms with E-state index >= 15 is 0 Å². The number of aliphatic hydroxyl groups excluding tert-OH is 1. The van der Waals surface area contributed by atoms with E-state index < -0.39 is 24.7 Å². The molecule has 7 N–H and O–H groups in total. The van der Waals surface area contributed by atoms with Crippen LogP contribution in [-0.4, -0.2) is 39.7 Å². The Hall–Kier alpha value is -3.51. The van der Waals surface area contributed by atoms with Crippen LogP contribution in [0.4, 0.5) is 17.5 Å². The lowest BCUT2D eigenvalue weighted by Gasteiger charge is -2.21. The number of nitrogens with two attached hydrogens (primary N) is 1. The Labute approximate surface area is 191 Å². The minimum absolute atomic E-state index is 0.129. The number of anilines is 3. The first-order valence-corrected chi connectivity index (χ1v) is 10.4. The lowest BCUT2D eigenvalue weighted by Crippen LogP contribution is -2.31. The van der Waals surface area contributed by atoms with Gasteiger partial charge in [-0.2, -0.15) is 4.98 Å². The molecule has 0 spiro atoms. The number of fused-ring (bicyclic) bond motifs is 1. The summed E-state index contributed by atoms with van der Waals surface area (Å²) in [7, 11) is -0.974. The number of nitrogens with one attached hydrogen (secondary N) is 3. The summed E-state index contributed by atoms with van der Waals surface area (Å²) in [6.45, 7) is 3.54. The van der Waals surface area contributed by atoms with Crippen LogP contribution in [0.25, 0.3) is 0 Å². The van der Waals surface area contributed by atoms with Gasteiger partial charge >= 0.3 is 7.12 Å². The van der Waals surface area contributed by atoms with Crippen molar-refractivity contribution in [2.24, 2.45) is 5.84 Å². The van der Waals surface area contributed by atoms with Crippen molar-refractivity contribution in [2.45, 2.75) is 25.5 Å². The third-order valence-corrected chi connectivity index (χ3v) is 5.49. The van der Waals surface area contributed by atoms with Crippen molar-refractivity contribution in [1.82, 2.24) is 15.4 Å². The molecule has 0 fully saturated rings. The molecule has 33 heavy (non-hydrogen) atoms. The molecule has 170 valence electrons. The fraction of sp³-hybridized carbons (Fsp3) is 0.227. The van der Waals surface area contributed by atoms with Crippen LogP contribution in [0, 0.1) is 0 Å². The van der Waals surface area contributed by atoms with E-state index in [0.29, 0.717) is 11.2 Å². The van der Waals surface area contributed by atoms with Crippen LogP contribution in [0.5, 0.6) is 0 Å². The molecular formula is C22H25BN6O4. The van der Waals surface area contributed by atoms with E-state index in [4.69, 9.17) is 10.5 Å². The summed E-state index contributed by atoms with van der Waals surface area (Å²) < 4.78 is 5.60. The first-order valence-electron chi connectivity index (χ1n) is 10.4. The Morgan fingerprint density at radius 1 is 1.24 bits per heavy atom. The number of aromatic nitrogens is 2. The number of benzene rings is 2.